The summed E-state index contributed by atoms with van der Waals surface area (Å²) in [5, 5.41) is 11.5. The molecule has 0 saturated heterocycles. The molecule has 0 amide bonds. The molecule has 4 heteroatoms. The molecule has 1 aromatic heterocycles. The molecule has 2 aromatic rings. The minimum Gasteiger partial charge on any atom is -0.431 e. The maximum absolute atomic E-state index is 8.95. The number of aliphatic hydroxyl groups is 1. The molecular weight excluding hydrogens is 222 g/mol. The van der Waals surface area contributed by atoms with Crippen LogP contribution in [0.4, 0.5) is 0 Å². The van der Waals surface area contributed by atoms with Crippen LogP contribution in [0.15, 0.2) is 29.6 Å². The molecule has 1 heterocycles. The van der Waals surface area contributed by atoms with Crippen LogP contribution in [0.2, 0.25) is 0 Å². The van der Waals surface area contributed by atoms with E-state index in [-0.39, 0.29) is 6.61 Å². The summed E-state index contributed by atoms with van der Waals surface area (Å²) in [7, 11) is 0. The molecule has 1 N–H and O–H groups in total. The number of hydrogen-bond acceptors (Lipinski definition) is 4. The number of rotatable bonds is 4. The Bertz CT molecular complexity index is 468. The molecule has 0 bridgehead atoms. The van der Waals surface area contributed by atoms with E-state index in [0.29, 0.717) is 11.6 Å². The predicted octanol–water partition coefficient (Wildman–Crippen LogP) is 2.78. The second-order valence-corrected chi connectivity index (χ2v) is 4.26. The van der Waals surface area contributed by atoms with E-state index in [0.717, 1.165) is 17.0 Å². The van der Waals surface area contributed by atoms with Crippen molar-refractivity contribution in [1.82, 2.24) is 4.98 Å². The fourth-order valence-corrected chi connectivity index (χ4v) is 2.06. The van der Waals surface area contributed by atoms with Crippen molar-refractivity contribution in [3.63, 3.8) is 0 Å². The summed E-state index contributed by atoms with van der Waals surface area (Å²) in [4.78, 5) is 4.24. The van der Waals surface area contributed by atoms with Gasteiger partial charge in [0, 0.05) is 12.0 Å². The van der Waals surface area contributed by atoms with E-state index in [1.807, 2.05) is 36.6 Å². The Morgan fingerprint density at radius 1 is 1.38 bits per heavy atom. The van der Waals surface area contributed by atoms with Crippen LogP contribution in [0.1, 0.15) is 11.3 Å². The molecule has 1 aromatic carbocycles. The lowest BCUT2D eigenvalue weighted by Gasteiger charge is -2.07. The smallest absolute Gasteiger partial charge is 0.278 e. The van der Waals surface area contributed by atoms with Crippen molar-refractivity contribution < 1.29 is 9.84 Å². The van der Waals surface area contributed by atoms with Crippen LogP contribution in [-0.4, -0.2) is 16.7 Å². The Morgan fingerprint density at radius 3 is 2.88 bits per heavy atom. The standard InChI is InChI=1S/C12H13NO2S/c1-9-8-16-12(13-9)15-11-5-3-2-4-10(11)6-7-14/h2-5,8,14H,6-7H2,1H3. The zero-order chi connectivity index (χ0) is 11.4. The van der Waals surface area contributed by atoms with Crippen molar-refractivity contribution in [2.24, 2.45) is 0 Å². The Labute approximate surface area is 98.4 Å². The SMILES string of the molecule is Cc1csc(Oc2ccccc2CCO)n1. The number of nitrogens with zero attached hydrogens (tertiary/aromatic N) is 1. The first kappa shape index (κ1) is 11.1. The molecule has 2 rings (SSSR count). The van der Waals surface area contributed by atoms with Crippen LogP contribution in [0.25, 0.3) is 0 Å². The zero-order valence-corrected chi connectivity index (χ0v) is 9.83. The largest absolute Gasteiger partial charge is 0.431 e. The highest BCUT2D eigenvalue weighted by molar-refractivity contribution is 7.11. The van der Waals surface area contributed by atoms with Gasteiger partial charge in [0.05, 0.1) is 5.69 Å². The topological polar surface area (TPSA) is 42.4 Å². The predicted molar refractivity (Wildman–Crippen MR) is 64.2 cm³/mol. The number of aryl methyl sites for hydroxylation is 1. The Morgan fingerprint density at radius 2 is 2.19 bits per heavy atom. The van der Waals surface area contributed by atoms with Crippen LogP contribution in [-0.2, 0) is 6.42 Å². The van der Waals surface area contributed by atoms with Gasteiger partial charge in [-0.3, -0.25) is 0 Å². The van der Waals surface area contributed by atoms with Gasteiger partial charge < -0.3 is 9.84 Å². The van der Waals surface area contributed by atoms with Gasteiger partial charge in [-0.25, -0.2) is 4.98 Å². The summed E-state index contributed by atoms with van der Waals surface area (Å²) in [6.45, 7) is 2.06. The Hall–Kier alpha value is -1.39. The summed E-state index contributed by atoms with van der Waals surface area (Å²) >= 11 is 1.48. The number of para-hydroxylation sites is 1. The van der Waals surface area contributed by atoms with Gasteiger partial charge in [0.1, 0.15) is 5.75 Å². The van der Waals surface area contributed by atoms with Crippen LogP contribution in [0.3, 0.4) is 0 Å². The summed E-state index contributed by atoms with van der Waals surface area (Å²) in [6.07, 6.45) is 0.598. The molecule has 0 radical (unpaired) electrons. The van der Waals surface area contributed by atoms with Gasteiger partial charge >= 0.3 is 0 Å². The quantitative estimate of drug-likeness (QED) is 0.886. The number of ether oxygens (including phenoxy) is 1. The van der Waals surface area contributed by atoms with Crippen LogP contribution >= 0.6 is 11.3 Å². The lowest BCUT2D eigenvalue weighted by atomic mass is 10.1. The normalized spacial score (nSPS) is 10.4. The zero-order valence-electron chi connectivity index (χ0n) is 9.01. The van der Waals surface area contributed by atoms with Gasteiger partial charge in [-0.15, -0.1) is 0 Å². The third kappa shape index (κ3) is 2.59. The second kappa shape index (κ2) is 5.09. The third-order valence-corrected chi connectivity index (χ3v) is 2.98. The van der Waals surface area contributed by atoms with E-state index >= 15 is 0 Å². The number of hydrogen-bond donors (Lipinski definition) is 1. The van der Waals surface area contributed by atoms with Crippen molar-refractivity contribution in [3.8, 4) is 10.9 Å². The molecular formula is C12H13NO2S. The van der Waals surface area contributed by atoms with E-state index < -0.39 is 0 Å². The molecule has 0 aliphatic heterocycles. The number of thiazole rings is 1. The van der Waals surface area contributed by atoms with Crippen molar-refractivity contribution >= 4 is 11.3 Å². The molecule has 0 fully saturated rings. The fraction of sp³-hybridized carbons (Fsp3) is 0.250. The molecule has 84 valence electrons. The van der Waals surface area contributed by atoms with Gasteiger partial charge in [0.25, 0.3) is 5.19 Å². The molecule has 0 aliphatic carbocycles. The lowest BCUT2D eigenvalue weighted by molar-refractivity contribution is 0.298. The van der Waals surface area contributed by atoms with Gasteiger partial charge in [-0.2, -0.15) is 0 Å². The first-order valence-corrected chi connectivity index (χ1v) is 5.96. The van der Waals surface area contributed by atoms with Crippen LogP contribution < -0.4 is 4.74 Å². The monoisotopic (exact) mass is 235 g/mol. The second-order valence-electron chi connectivity index (χ2n) is 3.44. The first-order valence-electron chi connectivity index (χ1n) is 5.08. The fourth-order valence-electron chi connectivity index (χ4n) is 1.40. The average molecular weight is 235 g/mol. The maximum atomic E-state index is 8.95. The third-order valence-electron chi connectivity index (χ3n) is 2.15. The number of aliphatic hydroxyl groups excluding tert-OH is 1. The minimum absolute atomic E-state index is 0.122. The highest BCUT2D eigenvalue weighted by Gasteiger charge is 2.06. The van der Waals surface area contributed by atoms with Crippen LogP contribution in [0.5, 0.6) is 10.9 Å². The maximum Gasteiger partial charge on any atom is 0.278 e. The molecule has 0 aliphatic rings. The molecule has 16 heavy (non-hydrogen) atoms. The molecule has 0 saturated carbocycles. The van der Waals surface area contributed by atoms with E-state index in [1.54, 1.807) is 0 Å². The lowest BCUT2D eigenvalue weighted by Crippen LogP contribution is -1.94. The van der Waals surface area contributed by atoms with Crippen molar-refractivity contribution in [2.75, 3.05) is 6.61 Å². The number of benzene rings is 1. The van der Waals surface area contributed by atoms with Gasteiger partial charge in [-0.05, 0) is 25.0 Å². The van der Waals surface area contributed by atoms with Crippen molar-refractivity contribution in [3.05, 3.63) is 40.9 Å². The van der Waals surface area contributed by atoms with E-state index in [1.165, 1.54) is 11.3 Å². The highest BCUT2D eigenvalue weighted by atomic mass is 32.1. The number of aromatic nitrogens is 1. The average Bonchev–Trinajstić information content (AvgIpc) is 2.67. The van der Waals surface area contributed by atoms with Crippen molar-refractivity contribution in [1.29, 1.82) is 0 Å². The van der Waals surface area contributed by atoms with E-state index in [4.69, 9.17) is 9.84 Å². The summed E-state index contributed by atoms with van der Waals surface area (Å²) in [5.74, 6) is 0.769. The van der Waals surface area contributed by atoms with E-state index in [9.17, 15) is 0 Å². The highest BCUT2D eigenvalue weighted by Crippen LogP contribution is 2.27. The van der Waals surface area contributed by atoms with Crippen molar-refractivity contribution in [2.45, 2.75) is 13.3 Å². The van der Waals surface area contributed by atoms with Gasteiger partial charge in [0.15, 0.2) is 0 Å². The van der Waals surface area contributed by atoms with E-state index in [2.05, 4.69) is 4.98 Å². The molecule has 3 nitrogen and oxygen atoms in total. The molecule has 0 spiro atoms. The first-order chi connectivity index (χ1) is 7.79. The summed E-state index contributed by atoms with van der Waals surface area (Å²) in [6, 6.07) is 7.69. The Balaban J connectivity index is 2.20. The molecule has 0 unspecified atom stereocenters. The van der Waals surface area contributed by atoms with Gasteiger partial charge in [-0.1, -0.05) is 29.5 Å². The summed E-state index contributed by atoms with van der Waals surface area (Å²) < 4.78 is 5.68. The summed E-state index contributed by atoms with van der Waals surface area (Å²) in [5.41, 5.74) is 1.96. The van der Waals surface area contributed by atoms with Crippen LogP contribution in [0, 0.1) is 6.92 Å². The molecule has 0 atom stereocenters. The van der Waals surface area contributed by atoms with Gasteiger partial charge in [0.2, 0.25) is 0 Å². The Kier molecular flexibility index (Phi) is 3.54. The minimum atomic E-state index is 0.122.